The second-order valence-electron chi connectivity index (χ2n) is 9.24. The van der Waals surface area contributed by atoms with E-state index >= 15 is 0 Å². The van der Waals surface area contributed by atoms with Crippen molar-refractivity contribution in [3.8, 4) is 0 Å². The van der Waals surface area contributed by atoms with Gasteiger partial charge in [-0.05, 0) is 36.9 Å². The van der Waals surface area contributed by atoms with Crippen LogP contribution in [0.15, 0.2) is 4.79 Å². The minimum absolute atomic E-state index is 0.000994. The number of nitrogens with one attached hydrogen (secondary N) is 2. The summed E-state index contributed by atoms with van der Waals surface area (Å²) in [6.07, 6.45) is 17.7. The summed E-state index contributed by atoms with van der Waals surface area (Å²) >= 11 is 5.16. The van der Waals surface area contributed by atoms with Crippen molar-refractivity contribution in [2.75, 3.05) is 0 Å². The quantitative estimate of drug-likeness (QED) is 0.257. The van der Waals surface area contributed by atoms with Crippen LogP contribution in [0, 0.1) is 10.2 Å². The highest BCUT2D eigenvalue weighted by atomic mass is 32.1. The Morgan fingerprint density at radius 2 is 1.26 bits per heavy atom. The normalized spacial score (nSPS) is 11.9. The zero-order valence-electron chi connectivity index (χ0n) is 18.2. The largest absolute Gasteiger partial charge is 0.336 e. The zero-order chi connectivity index (χ0) is 20.1. The van der Waals surface area contributed by atoms with Crippen molar-refractivity contribution >= 4 is 12.2 Å². The lowest BCUT2D eigenvalue weighted by Crippen LogP contribution is -2.21. The van der Waals surface area contributed by atoms with Crippen molar-refractivity contribution in [3.63, 3.8) is 0 Å². The van der Waals surface area contributed by atoms with Gasteiger partial charge < -0.3 is 4.98 Å². The smallest absolute Gasteiger partial charge is 0.255 e. The molecule has 2 N–H and O–H groups in total. The minimum atomic E-state index is 0.000994. The number of hydrogen-bond donors (Lipinski definition) is 2. The number of aromatic nitrogens is 2. The van der Waals surface area contributed by atoms with E-state index in [9.17, 15) is 4.79 Å². The molecule has 0 unspecified atom stereocenters. The summed E-state index contributed by atoms with van der Waals surface area (Å²) in [4.78, 5) is 18.3. The Kier molecular flexibility index (Phi) is 11.9. The van der Waals surface area contributed by atoms with Crippen LogP contribution < -0.4 is 5.56 Å². The van der Waals surface area contributed by atoms with E-state index in [1.807, 2.05) is 0 Å². The van der Waals surface area contributed by atoms with Crippen LogP contribution in [-0.4, -0.2) is 9.97 Å². The monoisotopic (exact) mass is 394 g/mol. The Morgan fingerprint density at radius 3 is 1.74 bits per heavy atom. The average Bonchev–Trinajstić information content (AvgIpc) is 2.56. The number of aromatic amines is 2. The van der Waals surface area contributed by atoms with E-state index in [-0.39, 0.29) is 11.0 Å². The van der Waals surface area contributed by atoms with E-state index in [1.165, 1.54) is 70.6 Å². The first-order valence-corrected chi connectivity index (χ1v) is 11.6. The van der Waals surface area contributed by atoms with Crippen LogP contribution in [0.25, 0.3) is 0 Å². The highest BCUT2D eigenvalue weighted by Crippen LogP contribution is 2.21. The van der Waals surface area contributed by atoms with Gasteiger partial charge in [0.15, 0.2) is 4.77 Å². The molecule has 27 heavy (non-hydrogen) atoms. The Balaban J connectivity index is 2.25. The molecule has 1 heterocycles. The fourth-order valence-electron chi connectivity index (χ4n) is 3.65. The molecule has 1 aromatic rings. The summed E-state index contributed by atoms with van der Waals surface area (Å²) in [5.41, 5.74) is 2.07. The first-order valence-electron chi connectivity index (χ1n) is 11.2. The van der Waals surface area contributed by atoms with Gasteiger partial charge in [0.05, 0.1) is 0 Å². The molecule has 0 fully saturated rings. The second kappa shape index (κ2) is 13.3. The maximum Gasteiger partial charge on any atom is 0.255 e. The minimum Gasteiger partial charge on any atom is -0.336 e. The fourth-order valence-corrected chi connectivity index (χ4v) is 3.86. The summed E-state index contributed by atoms with van der Waals surface area (Å²) in [5.74, 6) is 0. The lowest BCUT2D eigenvalue weighted by atomic mass is 9.88. The maximum atomic E-state index is 12.3. The molecule has 1 rings (SSSR count). The number of hydrogen-bond acceptors (Lipinski definition) is 2. The molecule has 156 valence electrons. The van der Waals surface area contributed by atoms with Gasteiger partial charge in [0, 0.05) is 11.3 Å². The molecule has 4 heteroatoms. The van der Waals surface area contributed by atoms with Crippen molar-refractivity contribution < 1.29 is 0 Å². The third-order valence-corrected chi connectivity index (χ3v) is 5.32. The first-order chi connectivity index (χ1) is 12.8. The van der Waals surface area contributed by atoms with Crippen LogP contribution in [0.5, 0.6) is 0 Å². The standard InChI is InChI=1S/C23H42N2OS/c1-5-6-7-8-9-10-11-12-13-14-15-16-17-19-20(18-23(2,3)4)24-22(27)25-21(19)26/h5-18H2,1-4H3,(H2,24,25,26,27). The van der Waals surface area contributed by atoms with Crippen molar-refractivity contribution in [1.29, 1.82) is 0 Å². The second-order valence-corrected chi connectivity index (χ2v) is 9.65. The SMILES string of the molecule is CCCCCCCCCCCCCCc1c(CC(C)(C)C)[nH]c(=S)[nH]c1=O. The molecule has 0 aromatic carbocycles. The van der Waals surface area contributed by atoms with E-state index in [0.29, 0.717) is 4.77 Å². The molecule has 1 aromatic heterocycles. The van der Waals surface area contributed by atoms with Crippen LogP contribution in [0.3, 0.4) is 0 Å². The van der Waals surface area contributed by atoms with Crippen molar-refractivity contribution in [2.45, 2.75) is 118 Å². The third kappa shape index (κ3) is 11.5. The predicted molar refractivity (Wildman–Crippen MR) is 120 cm³/mol. The van der Waals surface area contributed by atoms with E-state index in [4.69, 9.17) is 12.2 Å². The molecule has 0 aliphatic rings. The summed E-state index contributed by atoms with van der Waals surface area (Å²) in [6.45, 7) is 8.85. The van der Waals surface area contributed by atoms with Gasteiger partial charge in [0.1, 0.15) is 0 Å². The Morgan fingerprint density at radius 1 is 0.778 bits per heavy atom. The van der Waals surface area contributed by atoms with E-state index in [0.717, 1.165) is 30.5 Å². The van der Waals surface area contributed by atoms with Crippen LogP contribution >= 0.6 is 12.2 Å². The van der Waals surface area contributed by atoms with Crippen LogP contribution in [0.1, 0.15) is 116 Å². The molecule has 0 saturated carbocycles. The van der Waals surface area contributed by atoms with Crippen molar-refractivity contribution in [2.24, 2.45) is 5.41 Å². The summed E-state index contributed by atoms with van der Waals surface area (Å²) < 4.78 is 0.442. The fraction of sp³-hybridized carbons (Fsp3) is 0.826. The van der Waals surface area contributed by atoms with Gasteiger partial charge in [0.25, 0.3) is 5.56 Å². The summed E-state index contributed by atoms with van der Waals surface area (Å²) in [5, 5.41) is 0. The van der Waals surface area contributed by atoms with Crippen molar-refractivity contribution in [1.82, 2.24) is 9.97 Å². The Labute approximate surface area is 171 Å². The van der Waals surface area contributed by atoms with E-state index in [1.54, 1.807) is 0 Å². The molecular weight excluding hydrogens is 352 g/mol. The van der Waals surface area contributed by atoms with Crippen LogP contribution in [-0.2, 0) is 12.8 Å². The molecule has 0 atom stereocenters. The summed E-state index contributed by atoms with van der Waals surface area (Å²) in [6, 6.07) is 0. The summed E-state index contributed by atoms with van der Waals surface area (Å²) in [7, 11) is 0. The van der Waals surface area contributed by atoms with Gasteiger partial charge in [-0.1, -0.05) is 98.3 Å². The molecule has 0 aliphatic heterocycles. The average molecular weight is 395 g/mol. The molecule has 0 saturated heterocycles. The predicted octanol–water partition coefficient (Wildman–Crippen LogP) is 7.26. The lowest BCUT2D eigenvalue weighted by Gasteiger charge is -2.19. The molecule has 0 amide bonds. The van der Waals surface area contributed by atoms with Gasteiger partial charge in [-0.15, -0.1) is 0 Å². The van der Waals surface area contributed by atoms with Gasteiger partial charge >= 0.3 is 0 Å². The first kappa shape index (κ1) is 24.1. The van der Waals surface area contributed by atoms with Gasteiger partial charge in [-0.2, -0.15) is 0 Å². The Bertz CT molecular complexity index is 624. The molecule has 0 radical (unpaired) electrons. The number of H-pyrrole nitrogens is 2. The van der Waals surface area contributed by atoms with E-state index in [2.05, 4.69) is 37.7 Å². The molecule has 0 spiro atoms. The van der Waals surface area contributed by atoms with Gasteiger partial charge in [-0.3, -0.25) is 9.78 Å². The molecule has 0 aliphatic carbocycles. The number of rotatable bonds is 14. The maximum absolute atomic E-state index is 12.3. The lowest BCUT2D eigenvalue weighted by molar-refractivity contribution is 0.403. The Hall–Kier alpha value is -0.900. The molecule has 3 nitrogen and oxygen atoms in total. The highest BCUT2D eigenvalue weighted by Gasteiger charge is 2.16. The van der Waals surface area contributed by atoms with Gasteiger partial charge in [-0.25, -0.2) is 0 Å². The molecule has 0 bridgehead atoms. The highest BCUT2D eigenvalue weighted by molar-refractivity contribution is 7.71. The zero-order valence-corrected chi connectivity index (χ0v) is 19.0. The van der Waals surface area contributed by atoms with Crippen molar-refractivity contribution in [3.05, 3.63) is 26.4 Å². The van der Waals surface area contributed by atoms with Gasteiger partial charge in [0.2, 0.25) is 0 Å². The number of unbranched alkanes of at least 4 members (excludes halogenated alkanes) is 11. The molecular formula is C23H42N2OS. The van der Waals surface area contributed by atoms with Crippen LogP contribution in [0.4, 0.5) is 0 Å². The van der Waals surface area contributed by atoms with E-state index < -0.39 is 0 Å². The topological polar surface area (TPSA) is 48.6 Å². The van der Waals surface area contributed by atoms with Crippen LogP contribution in [0.2, 0.25) is 0 Å². The third-order valence-electron chi connectivity index (χ3n) is 5.12.